The van der Waals surface area contributed by atoms with E-state index in [9.17, 15) is 0 Å². The first-order chi connectivity index (χ1) is 8.63. The summed E-state index contributed by atoms with van der Waals surface area (Å²) >= 11 is 6.02. The molecule has 1 aromatic heterocycles. The van der Waals surface area contributed by atoms with Gasteiger partial charge in [0.05, 0.1) is 22.5 Å². The molecule has 0 amide bonds. The fraction of sp³-hybridized carbons (Fsp3) is 0.214. The molecule has 2 rings (SSSR count). The number of anilines is 1. The van der Waals surface area contributed by atoms with Crippen molar-refractivity contribution in [1.82, 2.24) is 0 Å². The number of furan rings is 1. The van der Waals surface area contributed by atoms with Gasteiger partial charge in [-0.1, -0.05) is 17.7 Å². The molecule has 0 spiro atoms. The number of hydrogen-bond acceptors (Lipinski definition) is 3. The van der Waals surface area contributed by atoms with Crippen molar-refractivity contribution in [3.8, 4) is 6.07 Å². The maximum atomic E-state index is 9.15. The SMILES string of the molecule is Cc1occc1CN(C)c1cccc(Cl)c1C#N. The lowest BCUT2D eigenvalue weighted by atomic mass is 10.1. The molecule has 0 aliphatic rings. The molecule has 0 saturated carbocycles. The average molecular weight is 261 g/mol. The molecule has 18 heavy (non-hydrogen) atoms. The van der Waals surface area contributed by atoms with Crippen LogP contribution in [0.4, 0.5) is 5.69 Å². The maximum Gasteiger partial charge on any atom is 0.105 e. The first kappa shape index (κ1) is 12.5. The number of hydrogen-bond donors (Lipinski definition) is 0. The number of halogens is 1. The Bertz CT molecular complexity index is 598. The molecule has 0 saturated heterocycles. The van der Waals surface area contributed by atoms with Crippen LogP contribution in [0.25, 0.3) is 0 Å². The molecule has 0 unspecified atom stereocenters. The zero-order valence-electron chi connectivity index (χ0n) is 10.3. The second kappa shape index (κ2) is 5.16. The summed E-state index contributed by atoms with van der Waals surface area (Å²) < 4.78 is 5.26. The van der Waals surface area contributed by atoms with E-state index in [4.69, 9.17) is 21.3 Å². The standard InChI is InChI=1S/C14H13ClN2O/c1-10-11(6-7-18-10)9-17(2)14-5-3-4-13(15)12(14)8-16/h3-7H,9H2,1-2H3. The highest BCUT2D eigenvalue weighted by molar-refractivity contribution is 6.32. The Morgan fingerprint density at radius 2 is 2.17 bits per heavy atom. The van der Waals surface area contributed by atoms with Crippen LogP contribution in [0.15, 0.2) is 34.9 Å². The van der Waals surface area contributed by atoms with E-state index >= 15 is 0 Å². The first-order valence-corrected chi connectivity index (χ1v) is 5.94. The van der Waals surface area contributed by atoms with Gasteiger partial charge in [0.2, 0.25) is 0 Å². The Labute approximate surface area is 111 Å². The Hall–Kier alpha value is -1.92. The summed E-state index contributed by atoms with van der Waals surface area (Å²) in [5, 5.41) is 9.63. The van der Waals surface area contributed by atoms with Gasteiger partial charge in [-0.25, -0.2) is 0 Å². The van der Waals surface area contributed by atoms with Gasteiger partial charge in [-0.2, -0.15) is 5.26 Å². The Balaban J connectivity index is 2.30. The van der Waals surface area contributed by atoms with Crippen LogP contribution < -0.4 is 4.90 Å². The highest BCUT2D eigenvalue weighted by Gasteiger charge is 2.12. The van der Waals surface area contributed by atoms with Crippen molar-refractivity contribution in [3.63, 3.8) is 0 Å². The van der Waals surface area contributed by atoms with E-state index in [0.29, 0.717) is 17.1 Å². The fourth-order valence-electron chi connectivity index (χ4n) is 1.86. The van der Waals surface area contributed by atoms with Crippen molar-refractivity contribution < 1.29 is 4.42 Å². The van der Waals surface area contributed by atoms with Crippen molar-refractivity contribution in [2.75, 3.05) is 11.9 Å². The molecule has 0 bridgehead atoms. The largest absolute Gasteiger partial charge is 0.469 e. The van der Waals surface area contributed by atoms with Crippen molar-refractivity contribution >= 4 is 17.3 Å². The van der Waals surface area contributed by atoms with Gasteiger partial charge in [0, 0.05) is 19.2 Å². The highest BCUT2D eigenvalue weighted by Crippen LogP contribution is 2.27. The molecule has 0 radical (unpaired) electrons. The summed E-state index contributed by atoms with van der Waals surface area (Å²) in [4.78, 5) is 1.99. The van der Waals surface area contributed by atoms with Gasteiger partial charge in [-0.15, -0.1) is 0 Å². The molecule has 3 nitrogen and oxygen atoms in total. The third kappa shape index (κ3) is 2.34. The van der Waals surface area contributed by atoms with Gasteiger partial charge in [-0.3, -0.25) is 0 Å². The minimum Gasteiger partial charge on any atom is -0.469 e. The van der Waals surface area contributed by atoms with E-state index in [1.165, 1.54) is 0 Å². The van der Waals surface area contributed by atoms with Gasteiger partial charge in [0.15, 0.2) is 0 Å². The summed E-state index contributed by atoms with van der Waals surface area (Å²) in [6, 6.07) is 9.53. The van der Waals surface area contributed by atoms with Crippen molar-refractivity contribution in [1.29, 1.82) is 5.26 Å². The molecule has 0 atom stereocenters. The highest BCUT2D eigenvalue weighted by atomic mass is 35.5. The van der Waals surface area contributed by atoms with Crippen LogP contribution in [-0.2, 0) is 6.54 Å². The van der Waals surface area contributed by atoms with Crippen molar-refractivity contribution in [2.24, 2.45) is 0 Å². The van der Waals surface area contributed by atoms with Crippen LogP contribution >= 0.6 is 11.6 Å². The number of nitrogens with zero attached hydrogens (tertiary/aromatic N) is 2. The zero-order chi connectivity index (χ0) is 13.1. The molecule has 2 aromatic rings. The van der Waals surface area contributed by atoms with E-state index < -0.39 is 0 Å². The minimum absolute atomic E-state index is 0.478. The van der Waals surface area contributed by atoms with Crippen LogP contribution in [-0.4, -0.2) is 7.05 Å². The Morgan fingerprint density at radius 1 is 1.39 bits per heavy atom. The third-order valence-electron chi connectivity index (χ3n) is 2.89. The third-order valence-corrected chi connectivity index (χ3v) is 3.20. The predicted octanol–water partition coefficient (Wildman–Crippen LogP) is 3.75. The normalized spacial score (nSPS) is 10.1. The molecular weight excluding hydrogens is 248 g/mol. The van der Waals surface area contributed by atoms with Gasteiger partial charge in [0.25, 0.3) is 0 Å². The van der Waals surface area contributed by atoms with Gasteiger partial charge >= 0.3 is 0 Å². The average Bonchev–Trinajstić information content (AvgIpc) is 2.74. The van der Waals surface area contributed by atoms with Crippen LogP contribution in [0.5, 0.6) is 0 Å². The summed E-state index contributed by atoms with van der Waals surface area (Å²) in [6.45, 7) is 2.60. The van der Waals surface area contributed by atoms with E-state index in [-0.39, 0.29) is 0 Å². The number of aryl methyl sites for hydroxylation is 1. The molecule has 0 fully saturated rings. The number of rotatable bonds is 3. The maximum absolute atomic E-state index is 9.15. The lowest BCUT2D eigenvalue weighted by Gasteiger charge is -2.20. The molecule has 92 valence electrons. The lowest BCUT2D eigenvalue weighted by molar-refractivity contribution is 0.529. The van der Waals surface area contributed by atoms with E-state index in [1.54, 1.807) is 12.3 Å². The van der Waals surface area contributed by atoms with E-state index in [2.05, 4.69) is 6.07 Å². The summed E-state index contributed by atoms with van der Waals surface area (Å²) in [5.74, 6) is 0.891. The van der Waals surface area contributed by atoms with Gasteiger partial charge < -0.3 is 9.32 Å². The van der Waals surface area contributed by atoms with E-state index in [1.807, 2.05) is 37.1 Å². The van der Waals surface area contributed by atoms with Crippen molar-refractivity contribution in [3.05, 3.63) is 52.4 Å². The molecule has 4 heteroatoms. The smallest absolute Gasteiger partial charge is 0.105 e. The fourth-order valence-corrected chi connectivity index (χ4v) is 2.07. The number of nitriles is 1. The molecule has 0 aliphatic heterocycles. The summed E-state index contributed by atoms with van der Waals surface area (Å²) in [6.07, 6.45) is 1.67. The first-order valence-electron chi connectivity index (χ1n) is 5.56. The topological polar surface area (TPSA) is 40.2 Å². The van der Waals surface area contributed by atoms with Crippen LogP contribution in [0.1, 0.15) is 16.9 Å². The van der Waals surface area contributed by atoms with Gasteiger partial charge in [0.1, 0.15) is 11.8 Å². The monoisotopic (exact) mass is 260 g/mol. The second-order valence-corrected chi connectivity index (χ2v) is 4.51. The van der Waals surface area contributed by atoms with Crippen molar-refractivity contribution in [2.45, 2.75) is 13.5 Å². The summed E-state index contributed by atoms with van der Waals surface area (Å²) in [5.41, 5.74) is 2.43. The minimum atomic E-state index is 0.478. The predicted molar refractivity (Wildman–Crippen MR) is 71.7 cm³/mol. The van der Waals surface area contributed by atoms with E-state index in [0.717, 1.165) is 17.0 Å². The second-order valence-electron chi connectivity index (χ2n) is 4.10. The molecular formula is C14H13ClN2O. The quantitative estimate of drug-likeness (QED) is 0.844. The van der Waals surface area contributed by atoms with Gasteiger partial charge in [-0.05, 0) is 25.1 Å². The Kier molecular flexibility index (Phi) is 3.59. The van der Waals surface area contributed by atoms with Crippen LogP contribution in [0.2, 0.25) is 5.02 Å². The molecule has 1 heterocycles. The molecule has 1 aromatic carbocycles. The zero-order valence-corrected chi connectivity index (χ0v) is 11.0. The molecule has 0 N–H and O–H groups in total. The Morgan fingerprint density at radius 3 is 2.78 bits per heavy atom. The molecule has 0 aliphatic carbocycles. The van der Waals surface area contributed by atoms with Crippen LogP contribution in [0, 0.1) is 18.3 Å². The lowest BCUT2D eigenvalue weighted by Crippen LogP contribution is -2.17. The summed E-state index contributed by atoms with van der Waals surface area (Å²) in [7, 11) is 1.93. The number of benzene rings is 1. The van der Waals surface area contributed by atoms with Crippen LogP contribution in [0.3, 0.4) is 0 Å².